The Kier molecular flexibility index (Phi) is 7.46. The standard InChI is InChI=1S/C29H30Cl2FN5O3/c1-3-25(38)37-12-16-9-17(13-37)28(16)40-24-10-19-22(11-23(24)39-14-18-5-4-8-36(18)2)33-15-34-29(19)35-21-7-6-20(30)26(31)27(21)32/h3,6-7,10-11,15-18,28H,1,4-5,8-9,12-14H2,2H3,(H,33,34,35). The van der Waals surface area contributed by atoms with Gasteiger partial charge in [0.25, 0.3) is 0 Å². The van der Waals surface area contributed by atoms with Gasteiger partial charge in [-0.1, -0.05) is 29.8 Å². The largest absolute Gasteiger partial charge is 0.488 e. The van der Waals surface area contributed by atoms with E-state index in [2.05, 4.69) is 33.8 Å². The first kappa shape index (κ1) is 27.1. The maximum absolute atomic E-state index is 14.8. The molecule has 7 rings (SSSR count). The SMILES string of the molecule is C=CC(=O)N1CC2CC(C1)C2Oc1cc2c(Nc3ccc(Cl)c(Cl)c3F)ncnc2cc1OCC1CCCN1C. The number of amides is 1. The number of aromatic nitrogens is 2. The number of piperidine rings is 2. The predicted molar refractivity (Wildman–Crippen MR) is 153 cm³/mol. The van der Waals surface area contributed by atoms with Gasteiger partial charge in [-0.05, 0) is 57.1 Å². The third kappa shape index (κ3) is 5.06. The van der Waals surface area contributed by atoms with Crippen LogP contribution in [0.5, 0.6) is 11.5 Å². The highest BCUT2D eigenvalue weighted by atomic mass is 35.5. The molecule has 4 aliphatic rings. The van der Waals surface area contributed by atoms with E-state index in [1.54, 1.807) is 0 Å². The van der Waals surface area contributed by atoms with Crippen molar-refractivity contribution >= 4 is 51.5 Å². The van der Waals surface area contributed by atoms with Gasteiger partial charge in [0, 0.05) is 42.4 Å². The number of ether oxygens (including phenoxy) is 2. The van der Waals surface area contributed by atoms with Crippen molar-refractivity contribution in [2.45, 2.75) is 31.4 Å². The van der Waals surface area contributed by atoms with Gasteiger partial charge in [0.15, 0.2) is 17.3 Å². The Balaban J connectivity index is 1.32. The molecule has 4 fully saturated rings. The van der Waals surface area contributed by atoms with Gasteiger partial charge in [-0.15, -0.1) is 0 Å². The molecule has 1 saturated carbocycles. The average molecular weight is 586 g/mol. The number of rotatable bonds is 8. The van der Waals surface area contributed by atoms with E-state index in [1.807, 2.05) is 17.0 Å². The van der Waals surface area contributed by atoms with Crippen LogP contribution in [0.1, 0.15) is 19.3 Å². The normalized spacial score (nSPS) is 24.1. The Bertz CT molecular complexity index is 1460. The van der Waals surface area contributed by atoms with E-state index in [9.17, 15) is 9.18 Å². The van der Waals surface area contributed by atoms with Crippen LogP contribution in [0, 0.1) is 17.7 Å². The van der Waals surface area contributed by atoms with Crippen LogP contribution < -0.4 is 14.8 Å². The molecule has 4 heterocycles. The second-order valence-electron chi connectivity index (χ2n) is 10.8. The van der Waals surface area contributed by atoms with Crippen molar-refractivity contribution < 1.29 is 18.7 Å². The third-order valence-corrected chi connectivity index (χ3v) is 9.07. The molecule has 1 N–H and O–H groups in total. The van der Waals surface area contributed by atoms with Crippen molar-refractivity contribution in [3.63, 3.8) is 0 Å². The molecule has 3 aliphatic heterocycles. The molecule has 40 heavy (non-hydrogen) atoms. The van der Waals surface area contributed by atoms with Gasteiger partial charge in [0.2, 0.25) is 5.91 Å². The summed E-state index contributed by atoms with van der Waals surface area (Å²) in [5, 5.41) is 3.63. The molecule has 0 spiro atoms. The van der Waals surface area contributed by atoms with E-state index in [4.69, 9.17) is 32.7 Å². The number of hydrogen-bond acceptors (Lipinski definition) is 7. The highest BCUT2D eigenvalue weighted by Gasteiger charge is 2.49. The number of benzene rings is 2. The number of likely N-dealkylation sites (tertiary alicyclic amines) is 1. The number of halogens is 3. The molecule has 3 aromatic rings. The molecule has 1 aliphatic carbocycles. The summed E-state index contributed by atoms with van der Waals surface area (Å²) in [6.07, 6.45) is 5.96. The van der Waals surface area contributed by atoms with E-state index in [0.717, 1.165) is 25.8 Å². The minimum atomic E-state index is -0.668. The fraction of sp³-hybridized carbons (Fsp3) is 0.414. The molecule has 8 nitrogen and oxygen atoms in total. The predicted octanol–water partition coefficient (Wildman–Crippen LogP) is 5.70. The second-order valence-corrected chi connectivity index (χ2v) is 11.5. The molecule has 3 unspecified atom stereocenters. The van der Waals surface area contributed by atoms with Crippen molar-refractivity contribution in [1.29, 1.82) is 0 Å². The maximum Gasteiger partial charge on any atom is 0.245 e. The Morgan fingerprint density at radius 2 is 2.02 bits per heavy atom. The molecule has 1 aromatic heterocycles. The quantitative estimate of drug-likeness (QED) is 0.268. The van der Waals surface area contributed by atoms with Gasteiger partial charge in [-0.2, -0.15) is 0 Å². The summed E-state index contributed by atoms with van der Waals surface area (Å²) < 4.78 is 27.8. The third-order valence-electron chi connectivity index (χ3n) is 8.29. The summed E-state index contributed by atoms with van der Waals surface area (Å²) in [4.78, 5) is 25.1. The van der Waals surface area contributed by atoms with Crippen molar-refractivity contribution in [2.75, 3.05) is 38.6 Å². The van der Waals surface area contributed by atoms with Crippen molar-refractivity contribution in [3.8, 4) is 11.5 Å². The highest BCUT2D eigenvalue weighted by Crippen LogP contribution is 2.45. The molecule has 11 heteroatoms. The zero-order chi connectivity index (χ0) is 28.0. The van der Waals surface area contributed by atoms with Crippen LogP contribution in [0.3, 0.4) is 0 Å². The van der Waals surface area contributed by atoms with Crippen molar-refractivity contribution in [1.82, 2.24) is 19.8 Å². The van der Waals surface area contributed by atoms with Gasteiger partial charge in [-0.3, -0.25) is 4.79 Å². The summed E-state index contributed by atoms with van der Waals surface area (Å²) in [5.74, 6) is 1.30. The number of nitrogens with zero attached hydrogens (tertiary/aromatic N) is 4. The van der Waals surface area contributed by atoms with Crippen LogP contribution in [0.15, 0.2) is 43.2 Å². The smallest absolute Gasteiger partial charge is 0.245 e. The zero-order valence-corrected chi connectivity index (χ0v) is 23.6. The topological polar surface area (TPSA) is 79.8 Å². The summed E-state index contributed by atoms with van der Waals surface area (Å²) in [5.41, 5.74) is 0.763. The Hall–Kier alpha value is -3.14. The lowest BCUT2D eigenvalue weighted by atomic mass is 9.68. The van der Waals surface area contributed by atoms with Crippen LogP contribution in [0.2, 0.25) is 10.0 Å². The number of carbonyl (C=O) groups is 1. The monoisotopic (exact) mass is 585 g/mol. The van der Waals surface area contributed by atoms with Crippen molar-refractivity contribution in [3.05, 3.63) is 59.1 Å². The van der Waals surface area contributed by atoms with Crippen LogP contribution in [0.25, 0.3) is 10.9 Å². The fourth-order valence-electron chi connectivity index (χ4n) is 5.99. The first-order valence-corrected chi connectivity index (χ1v) is 14.2. The highest BCUT2D eigenvalue weighted by molar-refractivity contribution is 6.42. The zero-order valence-electron chi connectivity index (χ0n) is 22.1. The number of nitrogens with one attached hydrogen (secondary N) is 1. The number of carbonyl (C=O) groups excluding carboxylic acids is 1. The van der Waals surface area contributed by atoms with Gasteiger partial charge in [-0.25, -0.2) is 14.4 Å². The lowest BCUT2D eigenvalue weighted by Crippen LogP contribution is -2.61. The molecule has 210 valence electrons. The van der Waals surface area contributed by atoms with E-state index in [-0.39, 0.29) is 39.6 Å². The number of likely N-dealkylation sites (N-methyl/N-ethyl adjacent to an activating group) is 1. The van der Waals surface area contributed by atoms with E-state index >= 15 is 0 Å². The molecule has 1 amide bonds. The minimum absolute atomic E-state index is 0.0450. The van der Waals surface area contributed by atoms with Crippen LogP contribution in [0.4, 0.5) is 15.9 Å². The summed E-state index contributed by atoms with van der Waals surface area (Å²) in [7, 11) is 2.11. The summed E-state index contributed by atoms with van der Waals surface area (Å²) >= 11 is 12.0. The van der Waals surface area contributed by atoms with E-state index in [0.29, 0.717) is 54.0 Å². The molecule has 2 bridgehead atoms. The molecule has 3 atom stereocenters. The number of hydrogen-bond donors (Lipinski definition) is 1. The number of anilines is 2. The lowest BCUT2D eigenvalue weighted by Gasteiger charge is -2.52. The lowest BCUT2D eigenvalue weighted by molar-refractivity contribution is -0.142. The Labute approximate surface area is 242 Å². The second kappa shape index (κ2) is 11.0. The van der Waals surface area contributed by atoms with Gasteiger partial charge in [0.1, 0.15) is 24.9 Å². The minimum Gasteiger partial charge on any atom is -0.488 e. The molecule has 2 aromatic carbocycles. The van der Waals surface area contributed by atoms with Crippen LogP contribution in [-0.2, 0) is 4.79 Å². The fourth-order valence-corrected chi connectivity index (χ4v) is 6.30. The average Bonchev–Trinajstić information content (AvgIpc) is 3.38. The molecular weight excluding hydrogens is 556 g/mol. The van der Waals surface area contributed by atoms with Gasteiger partial charge >= 0.3 is 0 Å². The summed E-state index contributed by atoms with van der Waals surface area (Å²) in [6.45, 7) is 6.46. The molecule has 0 radical (unpaired) electrons. The number of fused-ring (bicyclic) bond motifs is 3. The van der Waals surface area contributed by atoms with Crippen molar-refractivity contribution in [2.24, 2.45) is 11.8 Å². The van der Waals surface area contributed by atoms with Gasteiger partial charge in [0.05, 0.1) is 21.2 Å². The first-order valence-electron chi connectivity index (χ1n) is 13.4. The van der Waals surface area contributed by atoms with E-state index in [1.165, 1.54) is 24.5 Å². The molecule has 3 saturated heterocycles. The van der Waals surface area contributed by atoms with Crippen LogP contribution >= 0.6 is 23.2 Å². The van der Waals surface area contributed by atoms with E-state index < -0.39 is 5.82 Å². The van der Waals surface area contributed by atoms with Crippen LogP contribution in [-0.4, -0.2) is 71.1 Å². The Morgan fingerprint density at radius 3 is 2.75 bits per heavy atom. The maximum atomic E-state index is 14.8. The summed E-state index contributed by atoms with van der Waals surface area (Å²) in [6, 6.07) is 7.05. The first-order chi connectivity index (χ1) is 19.3. The molecular formula is C29H30Cl2FN5O3. The van der Waals surface area contributed by atoms with Gasteiger partial charge < -0.3 is 24.6 Å². The Morgan fingerprint density at radius 1 is 1.23 bits per heavy atom.